The van der Waals surface area contributed by atoms with Gasteiger partial charge in [-0.05, 0) is 52.9 Å². The summed E-state index contributed by atoms with van der Waals surface area (Å²) >= 11 is 0. The Balaban J connectivity index is 2.44. The van der Waals surface area contributed by atoms with E-state index in [1.807, 2.05) is 32.6 Å². The van der Waals surface area contributed by atoms with Crippen LogP contribution >= 0.6 is 0 Å². The van der Waals surface area contributed by atoms with Crippen molar-refractivity contribution >= 4 is 6.09 Å². The van der Waals surface area contributed by atoms with Gasteiger partial charge in [0.2, 0.25) is 0 Å². The Bertz CT molecular complexity index is 328. The van der Waals surface area contributed by atoms with E-state index < -0.39 is 5.60 Å². The Hall–Kier alpha value is -0.810. The van der Waals surface area contributed by atoms with Crippen molar-refractivity contribution in [1.82, 2.24) is 10.2 Å². The van der Waals surface area contributed by atoms with Gasteiger partial charge in [-0.1, -0.05) is 6.92 Å². The summed E-state index contributed by atoms with van der Waals surface area (Å²) in [5, 5.41) is 12.5. The number of carbonyl (C=O) groups excluding carboxylic acids is 1. The highest BCUT2D eigenvalue weighted by molar-refractivity contribution is 5.68. The van der Waals surface area contributed by atoms with Crippen LogP contribution in [0.15, 0.2) is 0 Å². The predicted octanol–water partition coefficient (Wildman–Crippen LogP) is 2.38. The summed E-state index contributed by atoms with van der Waals surface area (Å²) < 4.78 is 5.48. The molecule has 0 bridgehead atoms. The molecule has 5 heteroatoms. The van der Waals surface area contributed by atoms with Crippen LogP contribution < -0.4 is 5.32 Å². The van der Waals surface area contributed by atoms with E-state index in [9.17, 15) is 4.79 Å². The van der Waals surface area contributed by atoms with E-state index in [-0.39, 0.29) is 24.7 Å². The minimum absolute atomic E-state index is 0.194. The summed E-state index contributed by atoms with van der Waals surface area (Å²) in [6.07, 6.45) is 2.82. The van der Waals surface area contributed by atoms with Crippen molar-refractivity contribution in [2.45, 2.75) is 71.6 Å². The molecule has 0 spiro atoms. The zero-order chi connectivity index (χ0) is 16.0. The average Bonchev–Trinajstić information content (AvgIpc) is 2.82. The number of aliphatic hydroxyl groups excluding tert-OH is 1. The van der Waals surface area contributed by atoms with Gasteiger partial charge in [0.15, 0.2) is 0 Å². The quantitative estimate of drug-likeness (QED) is 0.790. The number of rotatable bonds is 6. The van der Waals surface area contributed by atoms with E-state index in [2.05, 4.69) is 12.2 Å². The van der Waals surface area contributed by atoms with Crippen molar-refractivity contribution in [2.24, 2.45) is 5.92 Å². The summed E-state index contributed by atoms with van der Waals surface area (Å²) in [5.41, 5.74) is -0.440. The number of likely N-dealkylation sites (tertiary alicyclic amines) is 1. The Kier molecular flexibility index (Phi) is 6.94. The van der Waals surface area contributed by atoms with E-state index in [1.54, 1.807) is 0 Å². The fraction of sp³-hybridized carbons (Fsp3) is 0.938. The summed E-state index contributed by atoms with van der Waals surface area (Å²) in [4.78, 5) is 14.1. The van der Waals surface area contributed by atoms with Crippen LogP contribution in [0.3, 0.4) is 0 Å². The van der Waals surface area contributed by atoms with Gasteiger partial charge in [0.25, 0.3) is 0 Å². The average molecular weight is 300 g/mol. The molecule has 0 radical (unpaired) electrons. The van der Waals surface area contributed by atoms with Crippen LogP contribution in [-0.2, 0) is 4.74 Å². The minimum atomic E-state index is -0.440. The van der Waals surface area contributed by atoms with Crippen molar-refractivity contribution in [3.63, 3.8) is 0 Å². The fourth-order valence-electron chi connectivity index (χ4n) is 2.60. The summed E-state index contributed by atoms with van der Waals surface area (Å²) in [7, 11) is 0. The third kappa shape index (κ3) is 6.66. The summed E-state index contributed by atoms with van der Waals surface area (Å²) in [6.45, 7) is 11.6. The smallest absolute Gasteiger partial charge is 0.410 e. The van der Waals surface area contributed by atoms with E-state index in [0.29, 0.717) is 6.04 Å². The number of hydrogen-bond acceptors (Lipinski definition) is 4. The van der Waals surface area contributed by atoms with Gasteiger partial charge in [0, 0.05) is 31.8 Å². The molecule has 1 fully saturated rings. The zero-order valence-electron chi connectivity index (χ0n) is 14.2. The third-order valence-corrected chi connectivity index (χ3v) is 3.76. The van der Waals surface area contributed by atoms with Gasteiger partial charge < -0.3 is 20.1 Å². The molecule has 1 saturated heterocycles. The largest absolute Gasteiger partial charge is 0.444 e. The molecule has 3 unspecified atom stereocenters. The van der Waals surface area contributed by atoms with E-state index in [4.69, 9.17) is 9.84 Å². The van der Waals surface area contributed by atoms with Crippen LogP contribution in [0.25, 0.3) is 0 Å². The van der Waals surface area contributed by atoms with Crippen LogP contribution in [0, 0.1) is 5.92 Å². The Morgan fingerprint density at radius 2 is 2.10 bits per heavy atom. The van der Waals surface area contributed by atoms with Gasteiger partial charge in [0.1, 0.15) is 5.60 Å². The highest BCUT2D eigenvalue weighted by Gasteiger charge is 2.32. The normalized spacial score (nSPS) is 22.2. The molecule has 0 saturated carbocycles. The first-order valence-corrected chi connectivity index (χ1v) is 8.06. The molecule has 124 valence electrons. The van der Waals surface area contributed by atoms with Gasteiger partial charge in [0.05, 0.1) is 0 Å². The molecule has 0 aliphatic carbocycles. The SMILES string of the molecule is CC(CO)CNC(C)CC1CCCN1C(=O)OC(C)(C)C. The van der Waals surface area contributed by atoms with Gasteiger partial charge >= 0.3 is 6.09 Å². The first-order valence-electron chi connectivity index (χ1n) is 8.06. The molecule has 1 heterocycles. The van der Waals surface area contributed by atoms with E-state index in [0.717, 1.165) is 32.4 Å². The minimum Gasteiger partial charge on any atom is -0.444 e. The second-order valence-electron chi connectivity index (χ2n) is 7.30. The molecule has 0 aromatic heterocycles. The van der Waals surface area contributed by atoms with Crippen molar-refractivity contribution < 1.29 is 14.6 Å². The molecule has 2 N–H and O–H groups in total. The summed E-state index contributed by atoms with van der Waals surface area (Å²) in [5.74, 6) is 0.262. The molecular weight excluding hydrogens is 268 g/mol. The van der Waals surface area contributed by atoms with Crippen LogP contribution in [-0.4, -0.2) is 53.5 Å². The molecule has 0 aromatic rings. The zero-order valence-corrected chi connectivity index (χ0v) is 14.2. The van der Waals surface area contributed by atoms with Crippen LogP contribution in [0.2, 0.25) is 0 Å². The van der Waals surface area contributed by atoms with Gasteiger partial charge in [-0.3, -0.25) is 0 Å². The molecule has 1 amide bonds. The van der Waals surface area contributed by atoms with Crippen LogP contribution in [0.4, 0.5) is 4.79 Å². The molecular formula is C16H32N2O3. The molecule has 1 aliphatic heterocycles. The second kappa shape index (κ2) is 7.99. The van der Waals surface area contributed by atoms with E-state index in [1.165, 1.54) is 0 Å². The maximum Gasteiger partial charge on any atom is 0.410 e. The van der Waals surface area contributed by atoms with E-state index >= 15 is 0 Å². The lowest BCUT2D eigenvalue weighted by atomic mass is 10.1. The van der Waals surface area contributed by atoms with Gasteiger partial charge in [-0.2, -0.15) is 0 Å². The maximum absolute atomic E-state index is 12.2. The fourth-order valence-corrected chi connectivity index (χ4v) is 2.60. The van der Waals surface area contributed by atoms with Crippen molar-refractivity contribution in [3.8, 4) is 0 Å². The Morgan fingerprint density at radius 1 is 1.43 bits per heavy atom. The second-order valence-corrected chi connectivity index (χ2v) is 7.30. The van der Waals surface area contributed by atoms with Crippen LogP contribution in [0.1, 0.15) is 53.9 Å². The Morgan fingerprint density at radius 3 is 2.67 bits per heavy atom. The van der Waals surface area contributed by atoms with Crippen LogP contribution in [0.5, 0.6) is 0 Å². The standard InChI is InChI=1S/C16H32N2O3/c1-12(11-19)10-17-13(2)9-14-7-6-8-18(14)15(20)21-16(3,4)5/h12-14,17,19H,6-11H2,1-5H3. The maximum atomic E-state index is 12.2. The third-order valence-electron chi connectivity index (χ3n) is 3.76. The summed E-state index contributed by atoms with van der Waals surface area (Å²) in [6, 6.07) is 0.582. The lowest BCUT2D eigenvalue weighted by Crippen LogP contribution is -2.43. The first-order chi connectivity index (χ1) is 9.73. The predicted molar refractivity (Wildman–Crippen MR) is 84.3 cm³/mol. The molecule has 3 atom stereocenters. The number of hydrogen-bond donors (Lipinski definition) is 2. The number of nitrogens with zero attached hydrogens (tertiary/aromatic N) is 1. The van der Waals surface area contributed by atoms with Gasteiger partial charge in [-0.15, -0.1) is 0 Å². The van der Waals surface area contributed by atoms with Crippen molar-refractivity contribution in [2.75, 3.05) is 19.7 Å². The number of amides is 1. The van der Waals surface area contributed by atoms with Crippen molar-refractivity contribution in [3.05, 3.63) is 0 Å². The number of ether oxygens (including phenoxy) is 1. The van der Waals surface area contributed by atoms with Crippen molar-refractivity contribution in [1.29, 1.82) is 0 Å². The first kappa shape index (κ1) is 18.2. The number of nitrogens with one attached hydrogen (secondary N) is 1. The number of carbonyl (C=O) groups is 1. The lowest BCUT2D eigenvalue weighted by Gasteiger charge is -2.30. The highest BCUT2D eigenvalue weighted by atomic mass is 16.6. The van der Waals surface area contributed by atoms with Gasteiger partial charge in [-0.25, -0.2) is 4.79 Å². The molecule has 1 aliphatic rings. The molecule has 1 rings (SSSR count). The molecule has 0 aromatic carbocycles. The lowest BCUT2D eigenvalue weighted by molar-refractivity contribution is 0.0214. The number of aliphatic hydroxyl groups is 1. The Labute approximate surface area is 129 Å². The monoisotopic (exact) mass is 300 g/mol. The molecule has 5 nitrogen and oxygen atoms in total. The highest BCUT2D eigenvalue weighted by Crippen LogP contribution is 2.24. The molecule has 21 heavy (non-hydrogen) atoms. The topological polar surface area (TPSA) is 61.8 Å².